The van der Waals surface area contributed by atoms with Crippen molar-refractivity contribution in [2.45, 2.75) is 38.1 Å². The number of rotatable bonds is 5. The maximum absolute atomic E-state index is 12.9. The molecule has 0 bridgehead atoms. The van der Waals surface area contributed by atoms with E-state index < -0.39 is 0 Å². The summed E-state index contributed by atoms with van der Waals surface area (Å²) in [6.07, 6.45) is 5.11. The molecule has 0 N–H and O–H groups in total. The molecule has 2 saturated carbocycles. The van der Waals surface area contributed by atoms with Crippen LogP contribution in [0.2, 0.25) is 0 Å². The highest BCUT2D eigenvalue weighted by atomic mass is 79.9. The number of para-hydroxylation sites is 1. The molecule has 0 spiro atoms. The van der Waals surface area contributed by atoms with Gasteiger partial charge in [0.25, 0.3) is 0 Å². The molecule has 5 heteroatoms. The molecule has 1 aromatic rings. The molecular formula is C18H21BrN2O2. The van der Waals surface area contributed by atoms with Crippen molar-refractivity contribution in [1.29, 1.82) is 0 Å². The lowest BCUT2D eigenvalue weighted by Gasteiger charge is -2.25. The fourth-order valence-corrected chi connectivity index (χ4v) is 3.89. The van der Waals surface area contributed by atoms with Crippen LogP contribution in [-0.2, 0) is 9.59 Å². The lowest BCUT2D eigenvalue weighted by molar-refractivity contribution is -0.136. The monoisotopic (exact) mass is 376 g/mol. The van der Waals surface area contributed by atoms with Gasteiger partial charge < -0.3 is 9.80 Å². The third-order valence-corrected chi connectivity index (χ3v) is 5.71. The Kier molecular flexibility index (Phi) is 3.92. The van der Waals surface area contributed by atoms with Crippen LogP contribution in [0, 0.1) is 11.8 Å². The molecule has 4 nitrogen and oxygen atoms in total. The van der Waals surface area contributed by atoms with Gasteiger partial charge in [0.1, 0.15) is 0 Å². The second-order valence-corrected chi connectivity index (χ2v) is 7.88. The van der Waals surface area contributed by atoms with Gasteiger partial charge in [-0.15, -0.1) is 0 Å². The molecule has 3 fully saturated rings. The lowest BCUT2D eigenvalue weighted by Crippen LogP contribution is -2.40. The van der Waals surface area contributed by atoms with Crippen LogP contribution in [0.3, 0.4) is 0 Å². The Morgan fingerprint density at radius 1 is 1.22 bits per heavy atom. The maximum Gasteiger partial charge on any atom is 0.228 e. The minimum atomic E-state index is -0.186. The van der Waals surface area contributed by atoms with Crippen molar-refractivity contribution in [3.8, 4) is 0 Å². The van der Waals surface area contributed by atoms with Gasteiger partial charge in [0.2, 0.25) is 11.8 Å². The van der Waals surface area contributed by atoms with E-state index in [9.17, 15) is 9.59 Å². The summed E-state index contributed by atoms with van der Waals surface area (Å²) < 4.78 is 0.901. The van der Waals surface area contributed by atoms with Gasteiger partial charge in [0.05, 0.1) is 11.6 Å². The van der Waals surface area contributed by atoms with Crippen molar-refractivity contribution < 1.29 is 9.59 Å². The van der Waals surface area contributed by atoms with E-state index in [0.29, 0.717) is 24.9 Å². The number of halogens is 1. The van der Waals surface area contributed by atoms with Crippen molar-refractivity contribution in [1.82, 2.24) is 4.90 Å². The molecule has 23 heavy (non-hydrogen) atoms. The number of benzene rings is 1. The van der Waals surface area contributed by atoms with Gasteiger partial charge in [-0.25, -0.2) is 0 Å². The summed E-state index contributed by atoms with van der Waals surface area (Å²) in [5.74, 6) is 0.768. The summed E-state index contributed by atoms with van der Waals surface area (Å²) in [5, 5.41) is 0. The van der Waals surface area contributed by atoms with Crippen LogP contribution in [0.25, 0.3) is 0 Å². The zero-order valence-corrected chi connectivity index (χ0v) is 14.7. The average Bonchev–Trinajstić information content (AvgIpc) is 3.44. The summed E-state index contributed by atoms with van der Waals surface area (Å²) in [7, 11) is 0. The first-order valence-electron chi connectivity index (χ1n) is 8.49. The topological polar surface area (TPSA) is 40.6 Å². The molecule has 0 radical (unpaired) electrons. The summed E-state index contributed by atoms with van der Waals surface area (Å²) in [4.78, 5) is 29.2. The normalized spacial score (nSPS) is 24.1. The molecule has 1 saturated heterocycles. The standard InChI is InChI=1S/C18H21BrN2O2/c19-15-3-1-2-4-16(15)21-11-13(9-17(21)22)18(23)20(14-7-8-14)10-12-5-6-12/h1-4,12-14H,5-11H2. The van der Waals surface area contributed by atoms with Crippen LogP contribution in [-0.4, -0.2) is 35.8 Å². The molecule has 122 valence electrons. The van der Waals surface area contributed by atoms with Crippen LogP contribution in [0.15, 0.2) is 28.7 Å². The predicted molar refractivity (Wildman–Crippen MR) is 92.1 cm³/mol. The number of nitrogens with zero attached hydrogens (tertiary/aromatic N) is 2. The number of amides is 2. The van der Waals surface area contributed by atoms with E-state index in [2.05, 4.69) is 20.8 Å². The fourth-order valence-electron chi connectivity index (χ4n) is 3.39. The highest BCUT2D eigenvalue weighted by Gasteiger charge is 2.43. The minimum Gasteiger partial charge on any atom is -0.339 e. The highest BCUT2D eigenvalue weighted by molar-refractivity contribution is 9.10. The van der Waals surface area contributed by atoms with Crippen molar-refractivity contribution >= 4 is 33.4 Å². The Balaban J connectivity index is 1.48. The lowest BCUT2D eigenvalue weighted by atomic mass is 10.1. The Hall–Kier alpha value is -1.36. The Morgan fingerprint density at radius 3 is 2.61 bits per heavy atom. The van der Waals surface area contributed by atoms with Crippen LogP contribution < -0.4 is 4.90 Å². The van der Waals surface area contributed by atoms with E-state index in [1.54, 1.807) is 4.90 Å². The maximum atomic E-state index is 12.9. The largest absolute Gasteiger partial charge is 0.339 e. The third-order valence-electron chi connectivity index (χ3n) is 5.04. The molecular weight excluding hydrogens is 356 g/mol. The van der Waals surface area contributed by atoms with Crippen molar-refractivity contribution in [2.24, 2.45) is 11.8 Å². The molecule has 2 aliphatic carbocycles. The van der Waals surface area contributed by atoms with E-state index in [1.807, 2.05) is 24.3 Å². The van der Waals surface area contributed by atoms with E-state index in [1.165, 1.54) is 12.8 Å². The first kappa shape index (κ1) is 15.2. The molecule has 1 atom stereocenters. The number of carbonyl (C=O) groups excluding carboxylic acids is 2. The van der Waals surface area contributed by atoms with Crippen LogP contribution in [0.4, 0.5) is 5.69 Å². The van der Waals surface area contributed by atoms with Crippen molar-refractivity contribution in [3.63, 3.8) is 0 Å². The Labute approximate surface area is 145 Å². The first-order chi connectivity index (χ1) is 11.1. The van der Waals surface area contributed by atoms with E-state index in [-0.39, 0.29) is 17.7 Å². The smallest absolute Gasteiger partial charge is 0.228 e. The number of hydrogen-bond donors (Lipinski definition) is 0. The molecule has 0 aromatic heterocycles. The molecule has 3 aliphatic rings. The number of anilines is 1. The van der Waals surface area contributed by atoms with Crippen LogP contribution >= 0.6 is 15.9 Å². The molecule has 2 amide bonds. The van der Waals surface area contributed by atoms with Gasteiger partial charge >= 0.3 is 0 Å². The number of carbonyl (C=O) groups is 2. The summed E-state index contributed by atoms with van der Waals surface area (Å²) in [6, 6.07) is 8.16. The SMILES string of the molecule is O=C1CC(C(=O)N(CC2CC2)C2CC2)CN1c1ccccc1Br. The second-order valence-electron chi connectivity index (χ2n) is 7.02. The van der Waals surface area contributed by atoms with Crippen molar-refractivity contribution in [2.75, 3.05) is 18.0 Å². The average molecular weight is 377 g/mol. The van der Waals surface area contributed by atoms with Gasteiger partial charge in [0, 0.05) is 30.0 Å². The molecule has 4 rings (SSSR count). The number of hydrogen-bond acceptors (Lipinski definition) is 2. The highest BCUT2D eigenvalue weighted by Crippen LogP contribution is 2.37. The zero-order valence-electron chi connectivity index (χ0n) is 13.1. The quantitative estimate of drug-likeness (QED) is 0.791. The zero-order chi connectivity index (χ0) is 16.0. The van der Waals surface area contributed by atoms with Gasteiger partial charge in [0.15, 0.2) is 0 Å². The Morgan fingerprint density at radius 2 is 1.96 bits per heavy atom. The summed E-state index contributed by atoms with van der Waals surface area (Å²) >= 11 is 3.50. The van der Waals surface area contributed by atoms with Gasteiger partial charge in [-0.05, 0) is 59.7 Å². The Bertz CT molecular complexity index is 640. The molecule has 1 heterocycles. The first-order valence-corrected chi connectivity index (χ1v) is 9.28. The second kappa shape index (κ2) is 5.93. The molecule has 1 aliphatic heterocycles. The van der Waals surface area contributed by atoms with E-state index >= 15 is 0 Å². The van der Waals surface area contributed by atoms with E-state index in [4.69, 9.17) is 0 Å². The molecule has 1 unspecified atom stereocenters. The fraction of sp³-hybridized carbons (Fsp3) is 0.556. The third kappa shape index (κ3) is 3.16. The summed E-state index contributed by atoms with van der Waals surface area (Å²) in [5.41, 5.74) is 0.868. The summed E-state index contributed by atoms with van der Waals surface area (Å²) in [6.45, 7) is 1.41. The van der Waals surface area contributed by atoms with Gasteiger partial charge in [-0.2, -0.15) is 0 Å². The van der Waals surface area contributed by atoms with Crippen LogP contribution in [0.5, 0.6) is 0 Å². The van der Waals surface area contributed by atoms with Crippen LogP contribution in [0.1, 0.15) is 32.1 Å². The van der Waals surface area contributed by atoms with Gasteiger partial charge in [-0.1, -0.05) is 12.1 Å². The van der Waals surface area contributed by atoms with E-state index in [0.717, 1.165) is 29.5 Å². The minimum absolute atomic E-state index is 0.0532. The predicted octanol–water partition coefficient (Wildman–Crippen LogP) is 3.20. The molecule has 1 aromatic carbocycles. The van der Waals surface area contributed by atoms with Crippen molar-refractivity contribution in [3.05, 3.63) is 28.7 Å². The van der Waals surface area contributed by atoms with Gasteiger partial charge in [-0.3, -0.25) is 9.59 Å².